The first-order chi connectivity index (χ1) is 8.08. The van der Waals surface area contributed by atoms with Crippen molar-refractivity contribution in [3.8, 4) is 0 Å². The smallest absolute Gasteiger partial charge is 0.0320 e. The maximum Gasteiger partial charge on any atom is 0.0320 e. The molecule has 1 aromatic rings. The van der Waals surface area contributed by atoms with Crippen LogP contribution < -0.4 is 0 Å². The van der Waals surface area contributed by atoms with Gasteiger partial charge in [0.25, 0.3) is 0 Å². The lowest BCUT2D eigenvalue weighted by Gasteiger charge is -2.25. The number of likely N-dealkylation sites (N-methyl/N-ethyl adjacent to an activating group) is 1. The molecule has 0 N–H and O–H groups in total. The van der Waals surface area contributed by atoms with E-state index >= 15 is 0 Å². The van der Waals surface area contributed by atoms with Crippen molar-refractivity contribution < 1.29 is 0 Å². The highest BCUT2D eigenvalue weighted by Crippen LogP contribution is 2.22. The van der Waals surface area contributed by atoms with Crippen LogP contribution in [0.1, 0.15) is 31.0 Å². The van der Waals surface area contributed by atoms with Crippen LogP contribution in [0.2, 0.25) is 0 Å². The van der Waals surface area contributed by atoms with Crippen LogP contribution in [0.5, 0.6) is 0 Å². The molecule has 2 heteroatoms. The molecule has 0 aromatic heterocycles. The first kappa shape index (κ1) is 14.3. The molecule has 0 saturated carbocycles. The summed E-state index contributed by atoms with van der Waals surface area (Å²) in [7, 11) is 2.18. The van der Waals surface area contributed by atoms with Crippen LogP contribution in [0.3, 0.4) is 0 Å². The van der Waals surface area contributed by atoms with Gasteiger partial charge in [0.2, 0.25) is 0 Å². The Kier molecular flexibility index (Phi) is 5.79. The number of nitrogens with zero attached hydrogens (tertiary/aromatic N) is 1. The van der Waals surface area contributed by atoms with Gasteiger partial charge < -0.3 is 0 Å². The summed E-state index contributed by atoms with van der Waals surface area (Å²) in [5, 5.41) is 0. The molecule has 0 bridgehead atoms. The fraction of sp³-hybridized carbons (Fsp3) is 0.467. The average molecular weight is 249 g/mol. The number of benzene rings is 1. The van der Waals surface area contributed by atoms with E-state index in [4.69, 9.17) is 0 Å². The van der Waals surface area contributed by atoms with Gasteiger partial charge in [0.1, 0.15) is 0 Å². The third-order valence-electron chi connectivity index (χ3n) is 3.21. The van der Waals surface area contributed by atoms with Gasteiger partial charge in [0.15, 0.2) is 0 Å². The van der Waals surface area contributed by atoms with E-state index in [2.05, 4.69) is 69.3 Å². The first-order valence-electron chi connectivity index (χ1n) is 6.04. The zero-order valence-corrected chi connectivity index (χ0v) is 12.3. The van der Waals surface area contributed by atoms with Gasteiger partial charge >= 0.3 is 0 Å². The highest BCUT2D eigenvalue weighted by atomic mass is 32.2. The van der Waals surface area contributed by atoms with Gasteiger partial charge in [-0.2, -0.15) is 0 Å². The Bertz CT molecular complexity index is 367. The summed E-state index contributed by atoms with van der Waals surface area (Å²) in [4.78, 5) is 3.81. The standard InChI is InChI=1S/C15H23NS/c1-6-15(17-5)11-16(4)13(3)14-9-7-12(2)8-10-14/h6-10,13H,11H2,1-5H3/b15-6-. The summed E-state index contributed by atoms with van der Waals surface area (Å²) in [5.74, 6) is 0. The lowest BCUT2D eigenvalue weighted by atomic mass is 10.1. The zero-order chi connectivity index (χ0) is 12.8. The maximum atomic E-state index is 2.39. The number of aryl methyl sites for hydroxylation is 1. The molecular weight excluding hydrogens is 226 g/mol. The van der Waals surface area contributed by atoms with Crippen LogP contribution in [0.15, 0.2) is 35.2 Å². The molecule has 1 rings (SSSR count). The van der Waals surface area contributed by atoms with Gasteiger partial charge in [-0.3, -0.25) is 4.90 Å². The van der Waals surface area contributed by atoms with E-state index < -0.39 is 0 Å². The monoisotopic (exact) mass is 249 g/mol. The van der Waals surface area contributed by atoms with Crippen molar-refractivity contribution in [2.45, 2.75) is 26.8 Å². The predicted octanol–water partition coefficient (Wildman–Crippen LogP) is 4.25. The van der Waals surface area contributed by atoms with Gasteiger partial charge in [-0.25, -0.2) is 0 Å². The molecule has 0 saturated heterocycles. The summed E-state index contributed by atoms with van der Waals surface area (Å²) in [6.07, 6.45) is 4.34. The number of allylic oxidation sites excluding steroid dienone is 1. The minimum Gasteiger partial charge on any atom is -0.295 e. The Hall–Kier alpha value is -0.730. The molecule has 0 fully saturated rings. The lowest BCUT2D eigenvalue weighted by Crippen LogP contribution is -2.24. The molecule has 0 amide bonds. The van der Waals surface area contributed by atoms with Crippen molar-refractivity contribution in [2.75, 3.05) is 19.8 Å². The number of hydrogen-bond donors (Lipinski definition) is 0. The van der Waals surface area contributed by atoms with Crippen molar-refractivity contribution >= 4 is 11.8 Å². The summed E-state index contributed by atoms with van der Waals surface area (Å²) in [5.41, 5.74) is 2.71. The van der Waals surface area contributed by atoms with Crippen LogP contribution >= 0.6 is 11.8 Å². The van der Waals surface area contributed by atoms with Crippen LogP contribution in [0.25, 0.3) is 0 Å². The summed E-state index contributed by atoms with van der Waals surface area (Å²) < 4.78 is 0. The Labute approximate surface area is 110 Å². The molecule has 0 aliphatic carbocycles. The van der Waals surface area contributed by atoms with Crippen LogP contribution in [0, 0.1) is 6.92 Å². The fourth-order valence-electron chi connectivity index (χ4n) is 1.76. The first-order valence-corrected chi connectivity index (χ1v) is 7.27. The van der Waals surface area contributed by atoms with E-state index in [0.717, 1.165) is 6.54 Å². The van der Waals surface area contributed by atoms with E-state index in [-0.39, 0.29) is 0 Å². The highest BCUT2D eigenvalue weighted by molar-refractivity contribution is 8.02. The molecular formula is C15H23NS. The maximum absolute atomic E-state index is 2.39. The Morgan fingerprint density at radius 1 is 1.35 bits per heavy atom. The second-order valence-corrected chi connectivity index (χ2v) is 5.39. The van der Waals surface area contributed by atoms with Crippen LogP contribution in [-0.4, -0.2) is 24.7 Å². The summed E-state index contributed by atoms with van der Waals surface area (Å²) in [6.45, 7) is 7.52. The van der Waals surface area contributed by atoms with Gasteiger partial charge in [-0.05, 0) is 44.5 Å². The third-order valence-corrected chi connectivity index (χ3v) is 4.10. The highest BCUT2D eigenvalue weighted by Gasteiger charge is 2.12. The number of hydrogen-bond acceptors (Lipinski definition) is 2. The topological polar surface area (TPSA) is 3.24 Å². The second kappa shape index (κ2) is 6.87. The third kappa shape index (κ3) is 4.21. The van der Waals surface area contributed by atoms with Gasteiger partial charge in [-0.15, -0.1) is 11.8 Å². The SMILES string of the molecule is C/C=C(/CN(C)C(C)c1ccc(C)cc1)SC. The van der Waals surface area contributed by atoms with Gasteiger partial charge in [0, 0.05) is 12.6 Å². The molecule has 0 radical (unpaired) electrons. The average Bonchev–Trinajstić information content (AvgIpc) is 2.35. The Morgan fingerprint density at radius 3 is 2.41 bits per heavy atom. The molecule has 0 spiro atoms. The number of rotatable bonds is 5. The van der Waals surface area contributed by atoms with Crippen LogP contribution in [-0.2, 0) is 0 Å². The largest absolute Gasteiger partial charge is 0.295 e. The van der Waals surface area contributed by atoms with E-state index in [0.29, 0.717) is 6.04 Å². The van der Waals surface area contributed by atoms with Crippen molar-refractivity contribution in [3.05, 3.63) is 46.4 Å². The Balaban J connectivity index is 2.69. The summed E-state index contributed by atoms with van der Waals surface area (Å²) >= 11 is 1.83. The molecule has 94 valence electrons. The molecule has 1 atom stereocenters. The lowest BCUT2D eigenvalue weighted by molar-refractivity contribution is 0.288. The van der Waals surface area contributed by atoms with E-state index in [1.807, 2.05) is 11.8 Å². The molecule has 1 nitrogen and oxygen atoms in total. The van der Waals surface area contributed by atoms with E-state index in [9.17, 15) is 0 Å². The van der Waals surface area contributed by atoms with Crippen molar-refractivity contribution in [3.63, 3.8) is 0 Å². The summed E-state index contributed by atoms with van der Waals surface area (Å²) in [6, 6.07) is 9.28. The van der Waals surface area contributed by atoms with Crippen molar-refractivity contribution in [2.24, 2.45) is 0 Å². The van der Waals surface area contributed by atoms with E-state index in [1.165, 1.54) is 16.0 Å². The second-order valence-electron chi connectivity index (χ2n) is 4.46. The van der Waals surface area contributed by atoms with Gasteiger partial charge in [-0.1, -0.05) is 35.9 Å². The molecule has 1 aromatic carbocycles. The Morgan fingerprint density at radius 2 is 1.94 bits per heavy atom. The van der Waals surface area contributed by atoms with E-state index in [1.54, 1.807) is 0 Å². The molecule has 17 heavy (non-hydrogen) atoms. The zero-order valence-electron chi connectivity index (χ0n) is 11.5. The number of thioether (sulfide) groups is 1. The minimum absolute atomic E-state index is 0.456. The quantitative estimate of drug-likeness (QED) is 0.767. The molecule has 0 aliphatic heterocycles. The predicted molar refractivity (Wildman–Crippen MR) is 79.5 cm³/mol. The minimum atomic E-state index is 0.456. The van der Waals surface area contributed by atoms with Gasteiger partial charge in [0.05, 0.1) is 0 Å². The molecule has 1 unspecified atom stereocenters. The van der Waals surface area contributed by atoms with Crippen molar-refractivity contribution in [1.82, 2.24) is 4.90 Å². The van der Waals surface area contributed by atoms with Crippen molar-refractivity contribution in [1.29, 1.82) is 0 Å². The molecule has 0 aliphatic rings. The van der Waals surface area contributed by atoms with Crippen LogP contribution in [0.4, 0.5) is 0 Å². The fourth-order valence-corrected chi connectivity index (χ4v) is 2.32. The normalized spacial score (nSPS) is 14.1. The molecule has 0 heterocycles.